The van der Waals surface area contributed by atoms with Gasteiger partial charge in [0.15, 0.2) is 5.82 Å². The number of pyridine rings is 1. The molecule has 7 heteroatoms. The molecule has 0 aromatic carbocycles. The Morgan fingerprint density at radius 3 is 2.78 bits per heavy atom. The molecular formula is C11H13N5O2. The van der Waals surface area contributed by atoms with E-state index in [1.807, 2.05) is 18.5 Å². The summed E-state index contributed by atoms with van der Waals surface area (Å²) in [6.45, 7) is 1.94. The van der Waals surface area contributed by atoms with Crippen LogP contribution >= 0.6 is 0 Å². The van der Waals surface area contributed by atoms with Gasteiger partial charge in [-0.15, -0.1) is 10.2 Å². The number of anilines is 1. The van der Waals surface area contributed by atoms with Crippen LogP contribution in [0, 0.1) is 0 Å². The standard InChI is InChI=1S/C11H13N5O2/c1-7(10-15-13-6-16(10)2)14-8-3-4-9(11(17)18)12-5-8/h3-7,14H,1-2H3,(H,17,18). The van der Waals surface area contributed by atoms with Crippen LogP contribution in [0.3, 0.4) is 0 Å². The summed E-state index contributed by atoms with van der Waals surface area (Å²) in [5.41, 5.74) is 0.752. The first kappa shape index (κ1) is 12.0. The van der Waals surface area contributed by atoms with Crippen molar-refractivity contribution in [3.05, 3.63) is 36.2 Å². The van der Waals surface area contributed by atoms with Gasteiger partial charge >= 0.3 is 5.97 Å². The largest absolute Gasteiger partial charge is 0.477 e. The Morgan fingerprint density at radius 1 is 1.50 bits per heavy atom. The van der Waals surface area contributed by atoms with E-state index in [-0.39, 0.29) is 11.7 Å². The maximum atomic E-state index is 10.7. The molecule has 18 heavy (non-hydrogen) atoms. The summed E-state index contributed by atoms with van der Waals surface area (Å²) in [5, 5.41) is 19.7. The Morgan fingerprint density at radius 2 is 2.28 bits per heavy atom. The molecule has 0 fully saturated rings. The molecule has 2 N–H and O–H groups in total. The Hall–Kier alpha value is -2.44. The predicted octanol–water partition coefficient (Wildman–Crippen LogP) is 1.08. The van der Waals surface area contributed by atoms with Gasteiger partial charge in [0.1, 0.15) is 12.0 Å². The Bertz CT molecular complexity index is 549. The van der Waals surface area contributed by atoms with Gasteiger partial charge in [0.25, 0.3) is 0 Å². The zero-order valence-electron chi connectivity index (χ0n) is 10.0. The average molecular weight is 247 g/mol. The number of carbonyl (C=O) groups is 1. The molecule has 0 bridgehead atoms. The van der Waals surface area contributed by atoms with E-state index in [0.717, 1.165) is 11.5 Å². The molecule has 94 valence electrons. The Kier molecular flexibility index (Phi) is 3.22. The third-order valence-corrected chi connectivity index (χ3v) is 2.50. The lowest BCUT2D eigenvalue weighted by Gasteiger charge is -2.13. The predicted molar refractivity (Wildman–Crippen MR) is 64.2 cm³/mol. The van der Waals surface area contributed by atoms with Crippen LogP contribution in [0.15, 0.2) is 24.7 Å². The molecule has 2 aromatic heterocycles. The van der Waals surface area contributed by atoms with Gasteiger partial charge in [-0.25, -0.2) is 9.78 Å². The number of carboxylic acids is 1. The van der Waals surface area contributed by atoms with Crippen molar-refractivity contribution in [1.29, 1.82) is 0 Å². The van der Waals surface area contributed by atoms with Crippen LogP contribution in [0.4, 0.5) is 5.69 Å². The van der Waals surface area contributed by atoms with Gasteiger partial charge in [-0.1, -0.05) is 0 Å². The molecule has 2 heterocycles. The minimum Gasteiger partial charge on any atom is -0.477 e. The van der Waals surface area contributed by atoms with Crippen molar-refractivity contribution in [3.8, 4) is 0 Å². The number of nitrogens with one attached hydrogen (secondary N) is 1. The van der Waals surface area contributed by atoms with Crippen LogP contribution in [0.5, 0.6) is 0 Å². The SMILES string of the molecule is CC(Nc1ccc(C(=O)O)nc1)c1nncn1C. The number of aryl methyl sites for hydroxylation is 1. The molecule has 0 aliphatic rings. The molecule has 0 saturated heterocycles. The van der Waals surface area contributed by atoms with E-state index in [9.17, 15) is 4.79 Å². The molecule has 0 aliphatic heterocycles. The summed E-state index contributed by atoms with van der Waals surface area (Å²) in [5.74, 6) is -0.250. The number of carboxylic acid groups (broad SMARTS) is 1. The number of hydrogen-bond donors (Lipinski definition) is 2. The minimum atomic E-state index is -1.04. The molecule has 0 saturated carbocycles. The number of rotatable bonds is 4. The summed E-state index contributed by atoms with van der Waals surface area (Å²) in [6.07, 6.45) is 3.11. The van der Waals surface area contributed by atoms with Crippen LogP contribution in [-0.2, 0) is 7.05 Å². The smallest absolute Gasteiger partial charge is 0.354 e. The Balaban J connectivity index is 2.10. The maximum absolute atomic E-state index is 10.7. The first-order chi connectivity index (χ1) is 8.58. The third kappa shape index (κ3) is 2.45. The van der Waals surface area contributed by atoms with E-state index < -0.39 is 5.97 Å². The van der Waals surface area contributed by atoms with Crippen LogP contribution in [0.25, 0.3) is 0 Å². The molecule has 0 spiro atoms. The molecule has 1 unspecified atom stereocenters. The number of aromatic nitrogens is 4. The van der Waals surface area contributed by atoms with Gasteiger partial charge < -0.3 is 15.0 Å². The van der Waals surface area contributed by atoms with E-state index in [2.05, 4.69) is 20.5 Å². The van der Waals surface area contributed by atoms with Crippen LogP contribution < -0.4 is 5.32 Å². The van der Waals surface area contributed by atoms with E-state index in [4.69, 9.17) is 5.11 Å². The van der Waals surface area contributed by atoms with Crippen molar-refractivity contribution >= 4 is 11.7 Å². The van der Waals surface area contributed by atoms with E-state index >= 15 is 0 Å². The van der Waals surface area contributed by atoms with Crippen molar-refractivity contribution < 1.29 is 9.90 Å². The molecule has 0 amide bonds. The van der Waals surface area contributed by atoms with E-state index in [0.29, 0.717) is 0 Å². The normalized spacial score (nSPS) is 12.1. The maximum Gasteiger partial charge on any atom is 0.354 e. The average Bonchev–Trinajstić information content (AvgIpc) is 2.76. The zero-order valence-corrected chi connectivity index (χ0v) is 10.0. The van der Waals surface area contributed by atoms with Crippen LogP contribution in [0.2, 0.25) is 0 Å². The molecule has 1 atom stereocenters. The summed E-state index contributed by atoms with van der Waals surface area (Å²) < 4.78 is 1.82. The van der Waals surface area contributed by atoms with E-state index in [1.165, 1.54) is 12.3 Å². The minimum absolute atomic E-state index is 0.0202. The molecule has 2 rings (SSSR count). The topological polar surface area (TPSA) is 92.9 Å². The molecular weight excluding hydrogens is 234 g/mol. The van der Waals surface area contributed by atoms with Gasteiger partial charge in [0.2, 0.25) is 0 Å². The van der Waals surface area contributed by atoms with Crippen molar-refractivity contribution in [3.63, 3.8) is 0 Å². The highest BCUT2D eigenvalue weighted by Gasteiger charge is 2.11. The molecule has 0 radical (unpaired) electrons. The fourth-order valence-electron chi connectivity index (χ4n) is 1.60. The second-order valence-electron chi connectivity index (χ2n) is 3.90. The fourth-order valence-corrected chi connectivity index (χ4v) is 1.60. The molecule has 0 aliphatic carbocycles. The monoisotopic (exact) mass is 247 g/mol. The van der Waals surface area contributed by atoms with Gasteiger partial charge in [-0.3, -0.25) is 0 Å². The van der Waals surface area contributed by atoms with Crippen molar-refractivity contribution in [2.45, 2.75) is 13.0 Å². The Labute approximate surface area is 104 Å². The number of hydrogen-bond acceptors (Lipinski definition) is 5. The number of nitrogens with zero attached hydrogens (tertiary/aromatic N) is 4. The zero-order chi connectivity index (χ0) is 13.1. The van der Waals surface area contributed by atoms with Gasteiger partial charge in [-0.2, -0.15) is 0 Å². The summed E-state index contributed by atoms with van der Waals surface area (Å²) in [4.78, 5) is 14.5. The quantitative estimate of drug-likeness (QED) is 0.839. The summed E-state index contributed by atoms with van der Waals surface area (Å²) >= 11 is 0. The third-order valence-electron chi connectivity index (χ3n) is 2.50. The highest BCUT2D eigenvalue weighted by Crippen LogP contribution is 2.16. The molecule has 2 aromatic rings. The summed E-state index contributed by atoms with van der Waals surface area (Å²) in [6, 6.07) is 3.08. The van der Waals surface area contributed by atoms with Crippen molar-refractivity contribution in [1.82, 2.24) is 19.7 Å². The molecule has 7 nitrogen and oxygen atoms in total. The fraction of sp³-hybridized carbons (Fsp3) is 0.273. The first-order valence-corrected chi connectivity index (χ1v) is 5.37. The van der Waals surface area contributed by atoms with Gasteiger partial charge in [0.05, 0.1) is 17.9 Å². The van der Waals surface area contributed by atoms with Crippen molar-refractivity contribution in [2.24, 2.45) is 7.05 Å². The van der Waals surface area contributed by atoms with Gasteiger partial charge in [-0.05, 0) is 19.1 Å². The summed E-state index contributed by atoms with van der Waals surface area (Å²) in [7, 11) is 1.86. The lowest BCUT2D eigenvalue weighted by molar-refractivity contribution is 0.0690. The van der Waals surface area contributed by atoms with E-state index in [1.54, 1.807) is 12.4 Å². The highest BCUT2D eigenvalue weighted by molar-refractivity contribution is 5.85. The highest BCUT2D eigenvalue weighted by atomic mass is 16.4. The van der Waals surface area contributed by atoms with Crippen molar-refractivity contribution in [2.75, 3.05) is 5.32 Å². The van der Waals surface area contributed by atoms with Crippen LogP contribution in [-0.4, -0.2) is 30.8 Å². The lowest BCUT2D eigenvalue weighted by atomic mass is 10.2. The van der Waals surface area contributed by atoms with Gasteiger partial charge in [0, 0.05) is 7.05 Å². The van der Waals surface area contributed by atoms with Crippen LogP contribution in [0.1, 0.15) is 29.3 Å². The number of aromatic carboxylic acids is 1. The first-order valence-electron chi connectivity index (χ1n) is 5.37. The second kappa shape index (κ2) is 4.82. The second-order valence-corrected chi connectivity index (χ2v) is 3.90. The lowest BCUT2D eigenvalue weighted by Crippen LogP contribution is -2.12.